The highest BCUT2D eigenvalue weighted by atomic mass is 32.2. The van der Waals surface area contributed by atoms with E-state index in [9.17, 15) is 10.1 Å². The van der Waals surface area contributed by atoms with Gasteiger partial charge in [0, 0.05) is 10.8 Å². The molecule has 6 nitrogen and oxygen atoms in total. The first-order chi connectivity index (χ1) is 14.1. The molecule has 1 heterocycles. The molecule has 3 aromatic carbocycles. The Morgan fingerprint density at radius 2 is 1.83 bits per heavy atom. The number of carbonyl (C=O) groups is 1. The van der Waals surface area contributed by atoms with Gasteiger partial charge in [-0.25, -0.2) is 0 Å². The second kappa shape index (κ2) is 7.70. The molecule has 0 bridgehead atoms. The average Bonchev–Trinajstić information content (AvgIpc) is 3.05. The summed E-state index contributed by atoms with van der Waals surface area (Å²) in [5, 5.41) is 20.9. The predicted octanol–water partition coefficient (Wildman–Crippen LogP) is 5.29. The second-order valence-electron chi connectivity index (χ2n) is 6.18. The van der Waals surface area contributed by atoms with Crippen molar-refractivity contribution < 1.29 is 14.3 Å². The van der Waals surface area contributed by atoms with E-state index in [0.29, 0.717) is 27.7 Å². The Labute approximate surface area is 171 Å². The second-order valence-corrected chi connectivity index (χ2v) is 7.19. The molecule has 7 heteroatoms. The van der Waals surface area contributed by atoms with Crippen LogP contribution in [0, 0.1) is 16.7 Å². The molecule has 1 aliphatic heterocycles. The first-order valence-electron chi connectivity index (χ1n) is 8.66. The zero-order valence-corrected chi connectivity index (χ0v) is 16.2. The number of methoxy groups -OCH3 is 1. The van der Waals surface area contributed by atoms with Gasteiger partial charge in [0.25, 0.3) is 5.24 Å². The van der Waals surface area contributed by atoms with Crippen molar-refractivity contribution in [1.29, 1.82) is 10.7 Å². The van der Waals surface area contributed by atoms with E-state index in [1.54, 1.807) is 37.5 Å². The van der Waals surface area contributed by atoms with E-state index >= 15 is 0 Å². The third-order valence-corrected chi connectivity index (χ3v) is 5.22. The lowest BCUT2D eigenvalue weighted by Gasteiger charge is -2.13. The van der Waals surface area contributed by atoms with E-state index in [2.05, 4.69) is 11.4 Å². The minimum Gasteiger partial charge on any atom is -0.493 e. The van der Waals surface area contributed by atoms with Crippen LogP contribution in [0.5, 0.6) is 17.2 Å². The van der Waals surface area contributed by atoms with E-state index in [1.165, 1.54) is 0 Å². The number of fused-ring (bicyclic) bond motifs is 1. The van der Waals surface area contributed by atoms with Crippen LogP contribution >= 0.6 is 11.8 Å². The Morgan fingerprint density at radius 1 is 1.07 bits per heavy atom. The summed E-state index contributed by atoms with van der Waals surface area (Å²) in [4.78, 5) is 11.9. The maximum Gasteiger partial charge on any atom is 0.289 e. The van der Waals surface area contributed by atoms with E-state index in [0.717, 1.165) is 28.1 Å². The summed E-state index contributed by atoms with van der Waals surface area (Å²) < 4.78 is 11.6. The fourth-order valence-electron chi connectivity index (χ4n) is 3.03. The van der Waals surface area contributed by atoms with Crippen LogP contribution in [0.3, 0.4) is 0 Å². The number of amidine groups is 1. The number of rotatable bonds is 4. The van der Waals surface area contributed by atoms with Gasteiger partial charge in [-0.3, -0.25) is 10.2 Å². The molecule has 29 heavy (non-hydrogen) atoms. The van der Waals surface area contributed by atoms with Crippen molar-refractivity contribution in [3.05, 3.63) is 70.6 Å². The van der Waals surface area contributed by atoms with E-state index in [4.69, 9.17) is 14.9 Å². The summed E-state index contributed by atoms with van der Waals surface area (Å²) in [6, 6.07) is 18.7. The smallest absolute Gasteiger partial charge is 0.289 e. The van der Waals surface area contributed by atoms with Gasteiger partial charge in [-0.2, -0.15) is 5.26 Å². The van der Waals surface area contributed by atoms with Crippen LogP contribution in [0.4, 0.5) is 4.79 Å². The molecule has 0 saturated carbocycles. The normalized spacial score (nSPS) is 14.7. The van der Waals surface area contributed by atoms with Crippen molar-refractivity contribution in [3.63, 3.8) is 0 Å². The maximum atomic E-state index is 11.4. The lowest BCUT2D eigenvalue weighted by molar-refractivity contribution is 0.265. The number of benzene rings is 3. The number of thioether (sulfide) groups is 1. The van der Waals surface area contributed by atoms with Crippen molar-refractivity contribution in [2.75, 3.05) is 7.11 Å². The van der Waals surface area contributed by atoms with Crippen LogP contribution in [-0.4, -0.2) is 18.2 Å². The number of amides is 1. The lowest BCUT2D eigenvalue weighted by Crippen LogP contribution is -2.17. The number of nitrogens with one attached hydrogen (secondary N) is 2. The van der Waals surface area contributed by atoms with Crippen molar-refractivity contribution in [2.45, 2.75) is 0 Å². The molecule has 0 atom stereocenters. The SMILES string of the molecule is COc1cc(C=C2SC(=O)NC2=N)ccc1Oc1ccc(C#N)c2ccccc12. The van der Waals surface area contributed by atoms with Gasteiger partial charge in [0.2, 0.25) is 0 Å². The first kappa shape index (κ1) is 18.6. The van der Waals surface area contributed by atoms with Gasteiger partial charge in [0.15, 0.2) is 11.5 Å². The predicted molar refractivity (Wildman–Crippen MR) is 114 cm³/mol. The third kappa shape index (κ3) is 3.66. The molecule has 0 aliphatic carbocycles. The molecule has 4 rings (SSSR count). The summed E-state index contributed by atoms with van der Waals surface area (Å²) in [5.41, 5.74) is 1.36. The number of ether oxygens (including phenoxy) is 2. The van der Waals surface area contributed by atoms with Crippen molar-refractivity contribution in [3.8, 4) is 23.3 Å². The van der Waals surface area contributed by atoms with E-state index < -0.39 is 0 Å². The minimum absolute atomic E-state index is 0.0864. The molecule has 0 aromatic heterocycles. The highest BCUT2D eigenvalue weighted by Crippen LogP contribution is 2.37. The molecule has 1 aliphatic rings. The Morgan fingerprint density at radius 3 is 2.52 bits per heavy atom. The summed E-state index contributed by atoms with van der Waals surface area (Å²) >= 11 is 0.982. The van der Waals surface area contributed by atoms with E-state index in [-0.39, 0.29) is 11.1 Å². The quantitative estimate of drug-likeness (QED) is 0.619. The van der Waals surface area contributed by atoms with Gasteiger partial charge >= 0.3 is 0 Å². The Hall–Kier alpha value is -3.76. The van der Waals surface area contributed by atoms with Crippen LogP contribution in [0.2, 0.25) is 0 Å². The van der Waals surface area contributed by atoms with Crippen LogP contribution in [-0.2, 0) is 0 Å². The molecule has 0 unspecified atom stereocenters. The lowest BCUT2D eigenvalue weighted by atomic mass is 10.0. The average molecular weight is 401 g/mol. The fraction of sp³-hybridized carbons (Fsp3) is 0.0455. The van der Waals surface area contributed by atoms with Gasteiger partial charge < -0.3 is 14.8 Å². The van der Waals surface area contributed by atoms with Crippen molar-refractivity contribution >= 4 is 39.7 Å². The van der Waals surface area contributed by atoms with Crippen LogP contribution in [0.15, 0.2) is 59.5 Å². The highest BCUT2D eigenvalue weighted by molar-refractivity contribution is 8.18. The van der Waals surface area contributed by atoms with Crippen molar-refractivity contribution in [1.82, 2.24) is 5.32 Å². The maximum absolute atomic E-state index is 11.4. The van der Waals surface area contributed by atoms with Crippen LogP contribution < -0.4 is 14.8 Å². The summed E-state index contributed by atoms with van der Waals surface area (Å²) in [7, 11) is 1.55. The zero-order chi connectivity index (χ0) is 20.4. The molecular weight excluding hydrogens is 386 g/mol. The third-order valence-electron chi connectivity index (χ3n) is 4.39. The molecule has 0 radical (unpaired) electrons. The minimum atomic E-state index is -0.263. The number of carbonyl (C=O) groups excluding carboxylic acids is 1. The standard InChI is InChI=1S/C22H15N3O3S/c1-27-19-10-13(11-20-21(24)25-22(26)29-20)6-8-18(19)28-17-9-7-14(12-23)15-4-2-3-5-16(15)17/h2-11H,1H3,(H2,24,25,26). The Balaban J connectivity index is 1.69. The van der Waals surface area contributed by atoms with Gasteiger partial charge in [0.1, 0.15) is 11.6 Å². The molecule has 142 valence electrons. The molecular formula is C22H15N3O3S. The summed E-state index contributed by atoms with van der Waals surface area (Å²) in [6.45, 7) is 0. The number of hydrogen-bond donors (Lipinski definition) is 2. The van der Waals surface area contributed by atoms with Crippen LogP contribution in [0.25, 0.3) is 16.8 Å². The zero-order valence-electron chi connectivity index (χ0n) is 15.4. The number of nitrogens with zero attached hydrogens (tertiary/aromatic N) is 1. The highest BCUT2D eigenvalue weighted by Gasteiger charge is 2.22. The van der Waals surface area contributed by atoms with Gasteiger partial charge in [-0.15, -0.1) is 0 Å². The van der Waals surface area contributed by atoms with E-state index in [1.807, 2.05) is 30.3 Å². The monoisotopic (exact) mass is 401 g/mol. The molecule has 2 N–H and O–H groups in total. The molecule has 1 amide bonds. The fourth-order valence-corrected chi connectivity index (χ4v) is 3.73. The van der Waals surface area contributed by atoms with Gasteiger partial charge in [-0.1, -0.05) is 30.3 Å². The first-order valence-corrected chi connectivity index (χ1v) is 9.48. The largest absolute Gasteiger partial charge is 0.493 e. The molecule has 3 aromatic rings. The molecule has 0 spiro atoms. The summed E-state index contributed by atoms with van der Waals surface area (Å²) in [5.74, 6) is 1.74. The van der Waals surface area contributed by atoms with Gasteiger partial charge in [-0.05, 0) is 47.7 Å². The Bertz CT molecular complexity index is 1230. The van der Waals surface area contributed by atoms with Gasteiger partial charge in [0.05, 0.1) is 23.6 Å². The van der Waals surface area contributed by atoms with Crippen molar-refractivity contribution in [2.24, 2.45) is 0 Å². The van der Waals surface area contributed by atoms with Crippen LogP contribution in [0.1, 0.15) is 11.1 Å². The molecule has 1 saturated heterocycles. The number of hydrogen-bond acceptors (Lipinski definition) is 6. The number of nitriles is 1. The topological polar surface area (TPSA) is 95.2 Å². The summed E-state index contributed by atoms with van der Waals surface area (Å²) in [6.07, 6.45) is 1.74. The Kier molecular flexibility index (Phi) is 4.94. The molecule has 1 fully saturated rings.